The van der Waals surface area contributed by atoms with Crippen molar-refractivity contribution in [2.45, 2.75) is 13.2 Å². The Balaban J connectivity index is 1.63. The Bertz CT molecular complexity index is 914. The van der Waals surface area contributed by atoms with Crippen molar-refractivity contribution < 1.29 is 4.74 Å². The van der Waals surface area contributed by atoms with Crippen molar-refractivity contribution in [3.63, 3.8) is 0 Å². The number of hydrogen-bond acceptors (Lipinski definition) is 2. The Morgan fingerprint density at radius 2 is 1.54 bits per heavy atom. The zero-order chi connectivity index (χ0) is 18.5. The Morgan fingerprint density at radius 3 is 2.35 bits per heavy atom. The number of nitrogens with one attached hydrogen (secondary N) is 1. The molecule has 0 heterocycles. The number of hydrogen-bond donors (Lipinski definition) is 1. The third kappa shape index (κ3) is 5.21. The maximum absolute atomic E-state index is 6.17. The molecule has 0 fully saturated rings. The predicted molar refractivity (Wildman–Crippen MR) is 111 cm³/mol. The lowest BCUT2D eigenvalue weighted by Gasteiger charge is -2.11. The van der Waals surface area contributed by atoms with E-state index < -0.39 is 0 Å². The molecule has 134 valence electrons. The van der Waals surface area contributed by atoms with Gasteiger partial charge in [-0.25, -0.2) is 0 Å². The van der Waals surface area contributed by atoms with Gasteiger partial charge in [0.15, 0.2) is 0 Å². The first-order valence-electron chi connectivity index (χ1n) is 7.86. The van der Waals surface area contributed by atoms with E-state index >= 15 is 0 Å². The number of benzene rings is 3. The van der Waals surface area contributed by atoms with Crippen molar-refractivity contribution in [3.8, 4) is 5.75 Å². The summed E-state index contributed by atoms with van der Waals surface area (Å²) in [6.07, 6.45) is 0. The molecule has 0 aromatic heterocycles. The average Bonchev–Trinajstić information content (AvgIpc) is 2.62. The molecule has 0 unspecified atom stereocenters. The van der Waals surface area contributed by atoms with Gasteiger partial charge in [-0.3, -0.25) is 0 Å². The first-order valence-corrected chi connectivity index (χ1v) is 9.37. The summed E-state index contributed by atoms with van der Waals surface area (Å²) in [6.45, 7) is 0.964. The monoisotopic (exact) mass is 425 g/mol. The summed E-state index contributed by atoms with van der Waals surface area (Å²) >= 11 is 24.3. The second-order valence-electron chi connectivity index (χ2n) is 5.65. The minimum absolute atomic E-state index is 0.368. The topological polar surface area (TPSA) is 21.3 Å². The Morgan fingerprint density at radius 1 is 0.769 bits per heavy atom. The smallest absolute Gasteiger partial charge is 0.120 e. The van der Waals surface area contributed by atoms with E-state index in [1.165, 1.54) is 0 Å². The normalized spacial score (nSPS) is 10.6. The molecule has 26 heavy (non-hydrogen) atoms. The fourth-order valence-electron chi connectivity index (χ4n) is 2.38. The summed E-state index contributed by atoms with van der Waals surface area (Å²) in [7, 11) is 0. The third-order valence-corrected chi connectivity index (χ3v) is 4.87. The van der Waals surface area contributed by atoms with Crippen LogP contribution >= 0.6 is 46.4 Å². The summed E-state index contributed by atoms with van der Waals surface area (Å²) in [5.74, 6) is 0.757. The second kappa shape index (κ2) is 8.88. The van der Waals surface area contributed by atoms with Gasteiger partial charge in [0.1, 0.15) is 12.4 Å². The highest BCUT2D eigenvalue weighted by Gasteiger charge is 2.05. The van der Waals surface area contributed by atoms with Gasteiger partial charge in [0, 0.05) is 27.2 Å². The molecule has 3 rings (SSSR count). The van der Waals surface area contributed by atoms with Gasteiger partial charge in [-0.2, -0.15) is 0 Å². The molecule has 0 spiro atoms. The van der Waals surface area contributed by atoms with Crippen LogP contribution in [0.15, 0.2) is 60.7 Å². The van der Waals surface area contributed by atoms with Crippen LogP contribution in [0.5, 0.6) is 5.75 Å². The van der Waals surface area contributed by atoms with Gasteiger partial charge in [-0.15, -0.1) is 0 Å². The van der Waals surface area contributed by atoms with Crippen LogP contribution in [0.25, 0.3) is 0 Å². The first kappa shape index (κ1) is 19.2. The molecule has 6 heteroatoms. The number of halogens is 4. The molecule has 0 saturated carbocycles. The SMILES string of the molecule is Clc1ccc(COc2cccc(CNc3cc(Cl)ccc3Cl)c2)c(Cl)c1. The minimum atomic E-state index is 0.368. The molecule has 0 aliphatic heterocycles. The highest BCUT2D eigenvalue weighted by atomic mass is 35.5. The van der Waals surface area contributed by atoms with Gasteiger partial charge in [-0.05, 0) is 48.0 Å². The zero-order valence-electron chi connectivity index (χ0n) is 13.6. The first-order chi connectivity index (χ1) is 12.5. The standard InChI is InChI=1S/C20H15Cl4NO/c21-15-5-4-14(19(24)9-15)12-26-17-3-1-2-13(8-17)11-25-20-10-16(22)6-7-18(20)23/h1-10,25H,11-12H2. The van der Waals surface area contributed by atoms with E-state index in [0.29, 0.717) is 33.2 Å². The molecule has 0 saturated heterocycles. The van der Waals surface area contributed by atoms with E-state index in [0.717, 1.165) is 22.6 Å². The summed E-state index contributed by atoms with van der Waals surface area (Å²) in [5, 5.41) is 5.73. The van der Waals surface area contributed by atoms with Crippen LogP contribution in [0.3, 0.4) is 0 Å². The van der Waals surface area contributed by atoms with Crippen LogP contribution in [0.1, 0.15) is 11.1 Å². The van der Waals surface area contributed by atoms with E-state index in [4.69, 9.17) is 51.1 Å². The minimum Gasteiger partial charge on any atom is -0.489 e. The summed E-state index contributed by atoms with van der Waals surface area (Å²) in [4.78, 5) is 0. The molecule has 0 aliphatic carbocycles. The zero-order valence-corrected chi connectivity index (χ0v) is 16.6. The van der Waals surface area contributed by atoms with Crippen LogP contribution in [0.2, 0.25) is 20.1 Å². The fourth-order valence-corrected chi connectivity index (χ4v) is 3.19. The maximum atomic E-state index is 6.17. The van der Waals surface area contributed by atoms with Crippen LogP contribution in [-0.4, -0.2) is 0 Å². The molecule has 0 radical (unpaired) electrons. The fraction of sp³-hybridized carbons (Fsp3) is 0.100. The highest BCUT2D eigenvalue weighted by Crippen LogP contribution is 2.27. The molecule has 0 amide bonds. The average molecular weight is 427 g/mol. The van der Waals surface area contributed by atoms with E-state index in [-0.39, 0.29) is 0 Å². The lowest BCUT2D eigenvalue weighted by Crippen LogP contribution is -2.01. The Kier molecular flexibility index (Phi) is 6.55. The molecule has 0 atom stereocenters. The second-order valence-corrected chi connectivity index (χ2v) is 7.34. The Labute approximate surface area is 172 Å². The van der Waals surface area contributed by atoms with Crippen LogP contribution < -0.4 is 10.1 Å². The van der Waals surface area contributed by atoms with Crippen LogP contribution in [-0.2, 0) is 13.2 Å². The van der Waals surface area contributed by atoms with Gasteiger partial charge < -0.3 is 10.1 Å². The Hall–Kier alpha value is -1.58. The van der Waals surface area contributed by atoms with E-state index in [1.54, 1.807) is 30.3 Å². The predicted octanol–water partition coefficient (Wildman–Crippen LogP) is 7.49. The summed E-state index contributed by atoms with van der Waals surface area (Å²) < 4.78 is 5.85. The number of ether oxygens (including phenoxy) is 1. The maximum Gasteiger partial charge on any atom is 0.120 e. The highest BCUT2D eigenvalue weighted by molar-refractivity contribution is 6.35. The number of anilines is 1. The van der Waals surface area contributed by atoms with E-state index in [9.17, 15) is 0 Å². The van der Waals surface area contributed by atoms with Crippen molar-refractivity contribution >= 4 is 52.1 Å². The molecular formula is C20H15Cl4NO. The van der Waals surface area contributed by atoms with Crippen molar-refractivity contribution in [1.82, 2.24) is 0 Å². The van der Waals surface area contributed by atoms with Crippen LogP contribution in [0.4, 0.5) is 5.69 Å². The van der Waals surface area contributed by atoms with Crippen LogP contribution in [0, 0.1) is 0 Å². The van der Waals surface area contributed by atoms with Crippen molar-refractivity contribution in [2.75, 3.05) is 5.32 Å². The van der Waals surface area contributed by atoms with Gasteiger partial charge in [0.25, 0.3) is 0 Å². The third-order valence-electron chi connectivity index (χ3n) is 3.72. The quantitative estimate of drug-likeness (QED) is 0.440. The molecular weight excluding hydrogens is 412 g/mol. The van der Waals surface area contributed by atoms with Gasteiger partial charge in [0.05, 0.1) is 10.7 Å². The lowest BCUT2D eigenvalue weighted by molar-refractivity contribution is 0.306. The largest absolute Gasteiger partial charge is 0.489 e. The molecule has 0 bridgehead atoms. The van der Waals surface area contributed by atoms with Crippen molar-refractivity contribution in [2.24, 2.45) is 0 Å². The lowest BCUT2D eigenvalue weighted by atomic mass is 10.2. The summed E-state index contributed by atoms with van der Waals surface area (Å²) in [5.41, 5.74) is 2.73. The molecule has 3 aromatic rings. The molecule has 3 aromatic carbocycles. The van der Waals surface area contributed by atoms with E-state index in [2.05, 4.69) is 5.32 Å². The van der Waals surface area contributed by atoms with Crippen molar-refractivity contribution in [1.29, 1.82) is 0 Å². The summed E-state index contributed by atoms with van der Waals surface area (Å²) in [6, 6.07) is 18.5. The van der Waals surface area contributed by atoms with Crippen molar-refractivity contribution in [3.05, 3.63) is 91.9 Å². The molecule has 1 N–H and O–H groups in total. The molecule has 0 aliphatic rings. The van der Waals surface area contributed by atoms with Gasteiger partial charge in [-0.1, -0.05) is 64.6 Å². The van der Waals surface area contributed by atoms with Gasteiger partial charge in [0.2, 0.25) is 0 Å². The van der Waals surface area contributed by atoms with Gasteiger partial charge >= 0.3 is 0 Å². The number of rotatable bonds is 6. The van der Waals surface area contributed by atoms with E-state index in [1.807, 2.05) is 30.3 Å². The molecule has 2 nitrogen and oxygen atoms in total.